The number of hydrogen-bond acceptors (Lipinski definition) is 2. The highest BCUT2D eigenvalue weighted by Crippen LogP contribution is 2.22. The van der Waals surface area contributed by atoms with Gasteiger partial charge in [-0.15, -0.1) is 0 Å². The molecule has 0 saturated carbocycles. The van der Waals surface area contributed by atoms with E-state index >= 15 is 0 Å². The van der Waals surface area contributed by atoms with Crippen LogP contribution in [0.4, 0.5) is 20.6 Å². The Morgan fingerprint density at radius 3 is 2.46 bits per heavy atom. The summed E-state index contributed by atoms with van der Waals surface area (Å²) in [5, 5.41) is 5.40. The van der Waals surface area contributed by atoms with E-state index in [1.165, 1.54) is 24.3 Å². The molecule has 3 amide bonds. The van der Waals surface area contributed by atoms with E-state index in [2.05, 4.69) is 10.6 Å². The number of aryl methyl sites for hydroxylation is 1. The molecule has 1 heterocycles. The van der Waals surface area contributed by atoms with Crippen molar-refractivity contribution in [3.63, 3.8) is 0 Å². The Labute approximate surface area is 139 Å². The van der Waals surface area contributed by atoms with Gasteiger partial charge in [0.2, 0.25) is 5.91 Å². The van der Waals surface area contributed by atoms with Crippen LogP contribution in [0.3, 0.4) is 0 Å². The first-order chi connectivity index (χ1) is 11.5. The van der Waals surface area contributed by atoms with Crippen LogP contribution in [0.15, 0.2) is 48.5 Å². The zero-order chi connectivity index (χ0) is 17.1. The fourth-order valence-corrected chi connectivity index (χ4v) is 2.66. The minimum Gasteiger partial charge on any atom is -0.333 e. The summed E-state index contributed by atoms with van der Waals surface area (Å²) < 4.78 is 12.9. The first-order valence-corrected chi connectivity index (χ1v) is 7.71. The average molecular weight is 327 g/mol. The van der Waals surface area contributed by atoms with E-state index in [1.807, 2.05) is 31.2 Å². The van der Waals surface area contributed by atoms with Crippen molar-refractivity contribution in [2.45, 2.75) is 19.4 Å². The lowest BCUT2D eigenvalue weighted by Gasteiger charge is -2.17. The summed E-state index contributed by atoms with van der Waals surface area (Å²) >= 11 is 0. The standard InChI is InChI=1S/C18H18FN3O2/c1-12-2-8-16(9-3-12)22-11-15(10-17(22)23)21-18(24)20-14-6-4-13(19)5-7-14/h2-9,15H,10-11H2,1H3,(H2,20,21,24)/t15-/m1/s1. The maximum atomic E-state index is 12.9. The molecule has 6 heteroatoms. The maximum absolute atomic E-state index is 12.9. The second-order valence-electron chi connectivity index (χ2n) is 5.85. The monoisotopic (exact) mass is 327 g/mol. The Morgan fingerprint density at radius 2 is 1.79 bits per heavy atom. The van der Waals surface area contributed by atoms with Crippen molar-refractivity contribution in [1.82, 2.24) is 5.32 Å². The van der Waals surface area contributed by atoms with Gasteiger partial charge in [0.05, 0.1) is 6.04 Å². The fraction of sp³-hybridized carbons (Fsp3) is 0.222. The predicted molar refractivity (Wildman–Crippen MR) is 90.5 cm³/mol. The SMILES string of the molecule is Cc1ccc(N2C[C@H](NC(=O)Nc3ccc(F)cc3)CC2=O)cc1. The lowest BCUT2D eigenvalue weighted by atomic mass is 10.2. The molecular weight excluding hydrogens is 309 g/mol. The van der Waals surface area contributed by atoms with Gasteiger partial charge in [-0.1, -0.05) is 17.7 Å². The van der Waals surface area contributed by atoms with Gasteiger partial charge in [-0.3, -0.25) is 4.79 Å². The van der Waals surface area contributed by atoms with Crippen LogP contribution in [-0.2, 0) is 4.79 Å². The molecule has 3 rings (SSSR count). The summed E-state index contributed by atoms with van der Waals surface area (Å²) in [6.07, 6.45) is 0.255. The van der Waals surface area contributed by atoms with E-state index in [0.717, 1.165) is 11.3 Å². The topological polar surface area (TPSA) is 61.4 Å². The van der Waals surface area contributed by atoms with E-state index < -0.39 is 6.03 Å². The third kappa shape index (κ3) is 3.71. The molecule has 2 aromatic rings. The minimum absolute atomic E-state index is 0.0223. The number of carbonyl (C=O) groups is 2. The largest absolute Gasteiger partial charge is 0.333 e. The van der Waals surface area contributed by atoms with Crippen molar-refractivity contribution in [1.29, 1.82) is 0 Å². The summed E-state index contributed by atoms with van der Waals surface area (Å²) in [6.45, 7) is 2.42. The smallest absolute Gasteiger partial charge is 0.319 e. The predicted octanol–water partition coefficient (Wildman–Crippen LogP) is 3.06. The quantitative estimate of drug-likeness (QED) is 0.910. The molecule has 124 valence electrons. The summed E-state index contributed by atoms with van der Waals surface area (Å²) in [6, 6.07) is 12.5. The van der Waals surface area contributed by atoms with Gasteiger partial charge in [0.1, 0.15) is 5.82 Å². The normalized spacial score (nSPS) is 17.0. The first kappa shape index (κ1) is 16.0. The second-order valence-corrected chi connectivity index (χ2v) is 5.85. The van der Waals surface area contributed by atoms with Crippen LogP contribution >= 0.6 is 0 Å². The number of nitrogens with zero attached hydrogens (tertiary/aromatic N) is 1. The van der Waals surface area contributed by atoms with E-state index in [0.29, 0.717) is 12.2 Å². The highest BCUT2D eigenvalue weighted by molar-refractivity contribution is 5.97. The van der Waals surface area contributed by atoms with E-state index in [4.69, 9.17) is 0 Å². The molecule has 1 aliphatic heterocycles. The highest BCUT2D eigenvalue weighted by Gasteiger charge is 2.31. The molecule has 1 saturated heterocycles. The number of hydrogen-bond donors (Lipinski definition) is 2. The highest BCUT2D eigenvalue weighted by atomic mass is 19.1. The van der Waals surface area contributed by atoms with Crippen LogP contribution in [0.2, 0.25) is 0 Å². The molecule has 0 unspecified atom stereocenters. The van der Waals surface area contributed by atoms with Crippen molar-refractivity contribution < 1.29 is 14.0 Å². The van der Waals surface area contributed by atoms with Crippen LogP contribution < -0.4 is 15.5 Å². The summed E-state index contributed by atoms with van der Waals surface area (Å²) in [5.74, 6) is -0.387. The van der Waals surface area contributed by atoms with E-state index in [-0.39, 0.29) is 24.2 Å². The fourth-order valence-electron chi connectivity index (χ4n) is 2.66. The second kappa shape index (κ2) is 6.70. The number of benzene rings is 2. The molecule has 0 bridgehead atoms. The van der Waals surface area contributed by atoms with Crippen molar-refractivity contribution in [2.24, 2.45) is 0 Å². The Balaban J connectivity index is 1.58. The lowest BCUT2D eigenvalue weighted by Crippen LogP contribution is -2.39. The van der Waals surface area contributed by atoms with Gasteiger partial charge in [0.15, 0.2) is 0 Å². The van der Waals surface area contributed by atoms with Gasteiger partial charge < -0.3 is 15.5 Å². The third-order valence-corrected chi connectivity index (χ3v) is 3.91. The van der Waals surface area contributed by atoms with E-state index in [1.54, 1.807) is 4.90 Å². The molecule has 0 spiro atoms. The number of urea groups is 1. The van der Waals surface area contributed by atoms with Crippen LogP contribution in [0, 0.1) is 12.7 Å². The number of nitrogens with one attached hydrogen (secondary N) is 2. The Kier molecular flexibility index (Phi) is 4.46. The van der Waals surface area contributed by atoms with Crippen LogP contribution in [0.5, 0.6) is 0 Å². The van der Waals surface area contributed by atoms with Crippen LogP contribution in [0.25, 0.3) is 0 Å². The van der Waals surface area contributed by atoms with Crippen LogP contribution in [-0.4, -0.2) is 24.5 Å². The Hall–Kier alpha value is -2.89. The Morgan fingerprint density at radius 1 is 1.12 bits per heavy atom. The van der Waals surface area contributed by atoms with Gasteiger partial charge in [-0.2, -0.15) is 0 Å². The number of rotatable bonds is 3. The molecule has 24 heavy (non-hydrogen) atoms. The van der Waals surface area contributed by atoms with Gasteiger partial charge >= 0.3 is 6.03 Å². The summed E-state index contributed by atoms with van der Waals surface area (Å²) in [5.41, 5.74) is 2.45. The third-order valence-electron chi connectivity index (χ3n) is 3.91. The molecule has 2 aromatic carbocycles. The first-order valence-electron chi connectivity index (χ1n) is 7.71. The maximum Gasteiger partial charge on any atom is 0.319 e. The number of halogens is 1. The summed E-state index contributed by atoms with van der Waals surface area (Å²) in [7, 11) is 0. The van der Waals surface area contributed by atoms with Gasteiger partial charge in [0, 0.05) is 24.3 Å². The van der Waals surface area contributed by atoms with Crippen molar-refractivity contribution in [3.05, 3.63) is 59.9 Å². The lowest BCUT2D eigenvalue weighted by molar-refractivity contribution is -0.117. The zero-order valence-corrected chi connectivity index (χ0v) is 13.3. The molecule has 0 radical (unpaired) electrons. The van der Waals surface area contributed by atoms with Gasteiger partial charge in [-0.05, 0) is 43.3 Å². The van der Waals surface area contributed by atoms with Crippen LogP contribution in [0.1, 0.15) is 12.0 Å². The molecule has 0 aliphatic carbocycles. The van der Waals surface area contributed by atoms with Gasteiger partial charge in [-0.25, -0.2) is 9.18 Å². The molecule has 5 nitrogen and oxygen atoms in total. The summed E-state index contributed by atoms with van der Waals surface area (Å²) in [4.78, 5) is 25.8. The molecule has 1 fully saturated rings. The number of carbonyl (C=O) groups excluding carboxylic acids is 2. The number of amides is 3. The zero-order valence-electron chi connectivity index (χ0n) is 13.3. The minimum atomic E-state index is -0.412. The van der Waals surface area contributed by atoms with Gasteiger partial charge in [0.25, 0.3) is 0 Å². The Bertz CT molecular complexity index is 744. The molecule has 0 aromatic heterocycles. The van der Waals surface area contributed by atoms with E-state index in [9.17, 15) is 14.0 Å². The molecular formula is C18H18FN3O2. The van der Waals surface area contributed by atoms with Crippen molar-refractivity contribution in [2.75, 3.05) is 16.8 Å². The molecule has 1 atom stereocenters. The number of anilines is 2. The van der Waals surface area contributed by atoms with Crippen molar-refractivity contribution in [3.8, 4) is 0 Å². The van der Waals surface area contributed by atoms with Crippen molar-refractivity contribution >= 4 is 23.3 Å². The average Bonchev–Trinajstić information content (AvgIpc) is 2.90. The molecule has 1 aliphatic rings. The molecule has 2 N–H and O–H groups in total.